The molecule has 7 heteroatoms. The number of aromatic nitrogens is 4. The molecule has 118 valence electrons. The van der Waals surface area contributed by atoms with Crippen LogP contribution in [0.15, 0.2) is 22.7 Å². The van der Waals surface area contributed by atoms with Gasteiger partial charge in [-0.1, -0.05) is 15.9 Å². The molecule has 2 heterocycles. The summed E-state index contributed by atoms with van der Waals surface area (Å²) in [7, 11) is 0. The Hall–Kier alpha value is -1.31. The Balaban J connectivity index is 1.83. The van der Waals surface area contributed by atoms with Gasteiger partial charge in [0.2, 0.25) is 0 Å². The third-order valence-corrected chi connectivity index (χ3v) is 4.27. The first kappa shape index (κ1) is 15.6. The lowest BCUT2D eigenvalue weighted by molar-refractivity contribution is -0.0712. The predicted molar refractivity (Wildman–Crippen MR) is 86.9 cm³/mol. The van der Waals surface area contributed by atoms with Crippen LogP contribution in [0.5, 0.6) is 0 Å². The second kappa shape index (κ2) is 6.44. The largest absolute Gasteiger partial charge is 0.373 e. The van der Waals surface area contributed by atoms with Crippen LogP contribution in [0.3, 0.4) is 0 Å². The maximum atomic E-state index is 5.78. The smallest absolute Gasteiger partial charge is 0.170 e. The minimum absolute atomic E-state index is 0.238. The number of benzene rings is 1. The van der Waals surface area contributed by atoms with Crippen molar-refractivity contribution in [1.29, 1.82) is 0 Å². The van der Waals surface area contributed by atoms with Gasteiger partial charge in [0.1, 0.15) is 0 Å². The van der Waals surface area contributed by atoms with Crippen molar-refractivity contribution in [3.63, 3.8) is 0 Å². The number of morpholine rings is 1. The highest BCUT2D eigenvalue weighted by Gasteiger charge is 2.24. The summed E-state index contributed by atoms with van der Waals surface area (Å²) in [6.45, 7) is 8.78. The van der Waals surface area contributed by atoms with Crippen LogP contribution in [0.4, 0.5) is 0 Å². The quantitative estimate of drug-likeness (QED) is 0.835. The van der Waals surface area contributed by atoms with Crippen molar-refractivity contribution in [1.82, 2.24) is 25.1 Å². The average molecular weight is 366 g/mol. The van der Waals surface area contributed by atoms with E-state index in [1.807, 2.05) is 16.8 Å². The number of nitrogens with zero attached hydrogens (tertiary/aromatic N) is 5. The molecule has 0 N–H and O–H groups in total. The molecular weight excluding hydrogens is 346 g/mol. The molecule has 0 spiro atoms. The lowest BCUT2D eigenvalue weighted by atomic mass is 10.2. The van der Waals surface area contributed by atoms with Crippen LogP contribution >= 0.6 is 15.9 Å². The van der Waals surface area contributed by atoms with Crippen LogP contribution in [0.25, 0.3) is 5.69 Å². The van der Waals surface area contributed by atoms with Crippen LogP contribution < -0.4 is 0 Å². The van der Waals surface area contributed by atoms with E-state index in [4.69, 9.17) is 4.74 Å². The molecule has 0 amide bonds. The topological polar surface area (TPSA) is 56.1 Å². The van der Waals surface area contributed by atoms with Crippen molar-refractivity contribution in [2.24, 2.45) is 0 Å². The molecule has 0 bridgehead atoms. The standard InChI is InChI=1S/C15H20BrN5O/c1-10-6-13(16)4-5-14(10)21-15(17-18-19-21)9-20-7-11(2)22-12(3)8-20/h4-6,11-12H,7-9H2,1-3H3. The first-order valence-corrected chi connectivity index (χ1v) is 8.24. The summed E-state index contributed by atoms with van der Waals surface area (Å²) in [6, 6.07) is 6.11. The third-order valence-electron chi connectivity index (χ3n) is 3.78. The Morgan fingerprint density at radius 3 is 2.68 bits per heavy atom. The summed E-state index contributed by atoms with van der Waals surface area (Å²) in [5.41, 5.74) is 2.14. The van der Waals surface area contributed by atoms with E-state index in [0.29, 0.717) is 0 Å². The average Bonchev–Trinajstić information content (AvgIpc) is 2.85. The van der Waals surface area contributed by atoms with E-state index in [2.05, 4.69) is 63.2 Å². The molecule has 1 aliphatic rings. The molecule has 2 atom stereocenters. The third kappa shape index (κ3) is 3.37. The van der Waals surface area contributed by atoms with Crippen molar-refractivity contribution in [3.05, 3.63) is 34.1 Å². The van der Waals surface area contributed by atoms with Gasteiger partial charge in [0.15, 0.2) is 5.82 Å². The van der Waals surface area contributed by atoms with E-state index in [9.17, 15) is 0 Å². The Morgan fingerprint density at radius 2 is 2.00 bits per heavy atom. The summed E-state index contributed by atoms with van der Waals surface area (Å²) in [6.07, 6.45) is 0.477. The lowest BCUT2D eigenvalue weighted by Crippen LogP contribution is -2.45. The molecule has 0 radical (unpaired) electrons. The van der Waals surface area contributed by atoms with Crippen LogP contribution in [-0.4, -0.2) is 50.4 Å². The van der Waals surface area contributed by atoms with Crippen LogP contribution in [-0.2, 0) is 11.3 Å². The summed E-state index contributed by atoms with van der Waals surface area (Å²) >= 11 is 3.49. The number of tetrazole rings is 1. The molecule has 6 nitrogen and oxygen atoms in total. The van der Waals surface area contributed by atoms with E-state index in [1.165, 1.54) is 0 Å². The van der Waals surface area contributed by atoms with E-state index in [0.717, 1.165) is 41.2 Å². The van der Waals surface area contributed by atoms with E-state index >= 15 is 0 Å². The molecular formula is C15H20BrN5O. The summed E-state index contributed by atoms with van der Waals surface area (Å²) in [5, 5.41) is 12.2. The monoisotopic (exact) mass is 365 g/mol. The van der Waals surface area contributed by atoms with E-state index in [1.54, 1.807) is 0 Å². The second-order valence-corrected chi connectivity index (χ2v) is 6.80. The highest BCUT2D eigenvalue weighted by atomic mass is 79.9. The van der Waals surface area contributed by atoms with Gasteiger partial charge in [-0.15, -0.1) is 5.10 Å². The van der Waals surface area contributed by atoms with Crippen molar-refractivity contribution < 1.29 is 4.74 Å². The van der Waals surface area contributed by atoms with Gasteiger partial charge < -0.3 is 4.74 Å². The molecule has 0 aliphatic carbocycles. The number of hydrogen-bond acceptors (Lipinski definition) is 5. The van der Waals surface area contributed by atoms with Gasteiger partial charge in [-0.05, 0) is 55.0 Å². The minimum atomic E-state index is 0.238. The zero-order valence-corrected chi connectivity index (χ0v) is 14.6. The molecule has 1 aromatic heterocycles. The number of ether oxygens (including phenoxy) is 1. The number of rotatable bonds is 3. The molecule has 2 aromatic rings. The fraction of sp³-hybridized carbons (Fsp3) is 0.533. The van der Waals surface area contributed by atoms with Crippen LogP contribution in [0.1, 0.15) is 25.2 Å². The fourth-order valence-electron chi connectivity index (χ4n) is 2.96. The normalized spacial score (nSPS) is 22.9. The van der Waals surface area contributed by atoms with Gasteiger partial charge in [-0.25, -0.2) is 0 Å². The predicted octanol–water partition coefficient (Wildman–Crippen LogP) is 2.34. The van der Waals surface area contributed by atoms with Gasteiger partial charge in [-0.3, -0.25) is 4.90 Å². The van der Waals surface area contributed by atoms with Gasteiger partial charge in [0.25, 0.3) is 0 Å². The van der Waals surface area contributed by atoms with Crippen molar-refractivity contribution in [2.75, 3.05) is 13.1 Å². The van der Waals surface area contributed by atoms with E-state index < -0.39 is 0 Å². The van der Waals surface area contributed by atoms with Gasteiger partial charge in [-0.2, -0.15) is 4.68 Å². The van der Waals surface area contributed by atoms with Crippen LogP contribution in [0, 0.1) is 6.92 Å². The Labute approximate surface area is 138 Å². The maximum Gasteiger partial charge on any atom is 0.170 e. The SMILES string of the molecule is Cc1cc(Br)ccc1-n1nnnc1CN1CC(C)OC(C)C1. The first-order chi connectivity index (χ1) is 10.5. The number of hydrogen-bond donors (Lipinski definition) is 0. The summed E-state index contributed by atoms with van der Waals surface area (Å²) in [5.74, 6) is 0.853. The molecule has 3 rings (SSSR count). The highest BCUT2D eigenvalue weighted by molar-refractivity contribution is 9.10. The molecule has 1 aromatic carbocycles. The minimum Gasteiger partial charge on any atom is -0.373 e. The zero-order chi connectivity index (χ0) is 15.7. The Kier molecular flexibility index (Phi) is 4.56. The molecule has 1 fully saturated rings. The van der Waals surface area contributed by atoms with E-state index in [-0.39, 0.29) is 12.2 Å². The molecule has 1 saturated heterocycles. The van der Waals surface area contributed by atoms with Gasteiger partial charge >= 0.3 is 0 Å². The maximum absolute atomic E-state index is 5.78. The highest BCUT2D eigenvalue weighted by Crippen LogP contribution is 2.20. The van der Waals surface area contributed by atoms with Crippen molar-refractivity contribution in [3.8, 4) is 5.69 Å². The summed E-state index contributed by atoms with van der Waals surface area (Å²) < 4.78 is 8.66. The van der Waals surface area contributed by atoms with Crippen molar-refractivity contribution >= 4 is 15.9 Å². The Bertz CT molecular complexity index is 649. The van der Waals surface area contributed by atoms with Gasteiger partial charge in [0.05, 0.1) is 24.4 Å². The molecule has 22 heavy (non-hydrogen) atoms. The molecule has 0 saturated carbocycles. The number of aryl methyl sites for hydroxylation is 1. The zero-order valence-electron chi connectivity index (χ0n) is 13.0. The van der Waals surface area contributed by atoms with Crippen molar-refractivity contribution in [2.45, 2.75) is 39.5 Å². The van der Waals surface area contributed by atoms with Crippen LogP contribution in [0.2, 0.25) is 0 Å². The summed E-state index contributed by atoms with van der Waals surface area (Å²) in [4.78, 5) is 2.34. The fourth-order valence-corrected chi connectivity index (χ4v) is 3.44. The van der Waals surface area contributed by atoms with Gasteiger partial charge in [0, 0.05) is 17.6 Å². The number of halogens is 1. The first-order valence-electron chi connectivity index (χ1n) is 7.44. The Morgan fingerprint density at radius 1 is 1.27 bits per heavy atom. The lowest BCUT2D eigenvalue weighted by Gasteiger charge is -2.34. The molecule has 1 aliphatic heterocycles. The molecule has 2 unspecified atom stereocenters. The second-order valence-electron chi connectivity index (χ2n) is 5.89.